The molecule has 3 aromatic rings. The largest absolute Gasteiger partial charge is 0.484 e. The molecule has 28 heavy (non-hydrogen) atoms. The van der Waals surface area contributed by atoms with Crippen molar-refractivity contribution in [3.8, 4) is 23.1 Å². The maximum absolute atomic E-state index is 12.2. The molecule has 0 saturated carbocycles. The lowest BCUT2D eigenvalue weighted by molar-refractivity contribution is -0.132. The number of benzene rings is 2. The number of nitrogens with one attached hydrogen (secondary N) is 1. The summed E-state index contributed by atoms with van der Waals surface area (Å²) >= 11 is 0. The number of nitrogens with zero attached hydrogens (tertiary/aromatic N) is 3. The molecule has 142 valence electrons. The van der Waals surface area contributed by atoms with E-state index in [0.717, 1.165) is 29.8 Å². The molecular formula is C22H22N4O2. The Balaban J connectivity index is 1.41. The minimum absolute atomic E-state index is 0.0232. The maximum Gasteiger partial charge on any atom is 0.260 e. The van der Waals surface area contributed by atoms with E-state index < -0.39 is 0 Å². The highest BCUT2D eigenvalue weighted by Gasteiger charge is 2.10. The van der Waals surface area contributed by atoms with Gasteiger partial charge in [-0.05, 0) is 43.2 Å². The third kappa shape index (κ3) is 5.21. The van der Waals surface area contributed by atoms with E-state index >= 15 is 0 Å². The SMILES string of the molecule is CN(CCCc1cc(-c2ccccc2)n[nH]1)C(=O)COc1ccc(C#N)cc1. The summed E-state index contributed by atoms with van der Waals surface area (Å²) < 4.78 is 5.49. The van der Waals surface area contributed by atoms with E-state index in [0.29, 0.717) is 17.9 Å². The van der Waals surface area contributed by atoms with Gasteiger partial charge in [0.25, 0.3) is 5.91 Å². The number of ether oxygens (including phenoxy) is 1. The van der Waals surface area contributed by atoms with Crippen molar-refractivity contribution in [3.05, 3.63) is 71.9 Å². The third-order valence-corrected chi connectivity index (χ3v) is 4.41. The number of hydrogen-bond donors (Lipinski definition) is 1. The van der Waals surface area contributed by atoms with Gasteiger partial charge in [0, 0.05) is 24.8 Å². The molecular weight excluding hydrogens is 352 g/mol. The van der Waals surface area contributed by atoms with Gasteiger partial charge in [0.1, 0.15) is 5.75 Å². The first-order valence-corrected chi connectivity index (χ1v) is 9.12. The Bertz CT molecular complexity index is 943. The first-order valence-electron chi connectivity index (χ1n) is 9.12. The van der Waals surface area contributed by atoms with Crippen LogP contribution in [0.5, 0.6) is 5.75 Å². The smallest absolute Gasteiger partial charge is 0.260 e. The fourth-order valence-electron chi connectivity index (χ4n) is 2.76. The Morgan fingerprint density at radius 1 is 1.18 bits per heavy atom. The van der Waals surface area contributed by atoms with E-state index in [2.05, 4.69) is 10.2 Å². The number of hydrogen-bond acceptors (Lipinski definition) is 4. The third-order valence-electron chi connectivity index (χ3n) is 4.41. The molecule has 0 aliphatic carbocycles. The van der Waals surface area contributed by atoms with Gasteiger partial charge in [-0.2, -0.15) is 10.4 Å². The van der Waals surface area contributed by atoms with Gasteiger partial charge in [-0.25, -0.2) is 0 Å². The van der Waals surface area contributed by atoms with Gasteiger partial charge in [-0.15, -0.1) is 0 Å². The lowest BCUT2D eigenvalue weighted by Gasteiger charge is -2.17. The second-order valence-corrected chi connectivity index (χ2v) is 6.49. The molecule has 6 heteroatoms. The Labute approximate surface area is 164 Å². The maximum atomic E-state index is 12.2. The van der Waals surface area contributed by atoms with E-state index in [1.807, 2.05) is 42.5 Å². The van der Waals surface area contributed by atoms with Crippen LogP contribution in [-0.2, 0) is 11.2 Å². The highest BCUT2D eigenvalue weighted by molar-refractivity contribution is 5.77. The van der Waals surface area contributed by atoms with Crippen LogP contribution < -0.4 is 4.74 Å². The topological polar surface area (TPSA) is 82.0 Å². The van der Waals surface area contributed by atoms with Gasteiger partial charge in [-0.1, -0.05) is 30.3 Å². The Hall–Kier alpha value is -3.59. The molecule has 1 amide bonds. The van der Waals surface area contributed by atoms with Crippen molar-refractivity contribution in [2.24, 2.45) is 0 Å². The average Bonchev–Trinajstić information content (AvgIpc) is 3.22. The zero-order chi connectivity index (χ0) is 19.8. The molecule has 0 radical (unpaired) electrons. The second-order valence-electron chi connectivity index (χ2n) is 6.49. The molecule has 0 aliphatic heterocycles. The standard InChI is InChI=1S/C22H22N4O2/c1-26(22(27)16-28-20-11-9-17(15-23)10-12-20)13-5-8-19-14-21(25-24-19)18-6-3-2-4-7-18/h2-4,6-7,9-12,14H,5,8,13,16H2,1H3,(H,24,25). The lowest BCUT2D eigenvalue weighted by atomic mass is 10.1. The van der Waals surface area contributed by atoms with E-state index in [4.69, 9.17) is 10.00 Å². The van der Waals surface area contributed by atoms with Crippen LogP contribution in [0.3, 0.4) is 0 Å². The van der Waals surface area contributed by atoms with Crippen molar-refractivity contribution < 1.29 is 9.53 Å². The summed E-state index contributed by atoms with van der Waals surface area (Å²) in [5.74, 6) is 0.491. The summed E-state index contributed by atoms with van der Waals surface area (Å²) in [5.41, 5.74) is 3.62. The molecule has 1 N–H and O–H groups in total. The monoisotopic (exact) mass is 374 g/mol. The minimum atomic E-state index is -0.0843. The van der Waals surface area contributed by atoms with Crippen LogP contribution >= 0.6 is 0 Å². The number of amides is 1. The van der Waals surface area contributed by atoms with Gasteiger partial charge in [0.05, 0.1) is 17.3 Å². The van der Waals surface area contributed by atoms with Crippen LogP contribution in [0.25, 0.3) is 11.3 Å². The number of carbonyl (C=O) groups excluding carboxylic acids is 1. The van der Waals surface area contributed by atoms with E-state index in [9.17, 15) is 4.79 Å². The van der Waals surface area contributed by atoms with Crippen LogP contribution in [0, 0.1) is 11.3 Å². The first kappa shape index (κ1) is 19.2. The summed E-state index contributed by atoms with van der Waals surface area (Å²) in [6.07, 6.45) is 1.64. The zero-order valence-electron chi connectivity index (χ0n) is 15.8. The van der Waals surface area contributed by atoms with E-state index in [1.165, 1.54) is 0 Å². The number of aryl methyl sites for hydroxylation is 1. The molecule has 0 aliphatic rings. The van der Waals surface area contributed by atoms with Gasteiger partial charge < -0.3 is 9.64 Å². The number of nitriles is 1. The fourth-order valence-corrected chi connectivity index (χ4v) is 2.76. The Morgan fingerprint density at radius 3 is 2.64 bits per heavy atom. The summed E-state index contributed by atoms with van der Waals surface area (Å²) in [7, 11) is 1.77. The van der Waals surface area contributed by atoms with Gasteiger partial charge in [0.15, 0.2) is 6.61 Å². The van der Waals surface area contributed by atoms with Crippen LogP contribution in [0.15, 0.2) is 60.7 Å². The zero-order valence-corrected chi connectivity index (χ0v) is 15.8. The molecule has 2 aromatic carbocycles. The highest BCUT2D eigenvalue weighted by Crippen LogP contribution is 2.17. The number of aromatic nitrogens is 2. The van der Waals surface area contributed by atoms with Gasteiger partial charge in [0.2, 0.25) is 0 Å². The Kier molecular flexibility index (Phi) is 6.42. The number of rotatable bonds is 8. The second kappa shape index (κ2) is 9.38. The first-order chi connectivity index (χ1) is 13.7. The van der Waals surface area contributed by atoms with Crippen molar-refractivity contribution in [2.45, 2.75) is 12.8 Å². The summed E-state index contributed by atoms with van der Waals surface area (Å²) in [6.45, 7) is 0.611. The van der Waals surface area contributed by atoms with Crippen LogP contribution in [0.4, 0.5) is 0 Å². The van der Waals surface area contributed by atoms with Crippen molar-refractivity contribution in [2.75, 3.05) is 20.2 Å². The van der Waals surface area contributed by atoms with Gasteiger partial charge >= 0.3 is 0 Å². The molecule has 0 fully saturated rings. The average molecular weight is 374 g/mol. The lowest BCUT2D eigenvalue weighted by Crippen LogP contribution is -2.32. The van der Waals surface area contributed by atoms with Crippen LogP contribution in [-0.4, -0.2) is 41.2 Å². The van der Waals surface area contributed by atoms with Crippen LogP contribution in [0.2, 0.25) is 0 Å². The van der Waals surface area contributed by atoms with Gasteiger partial charge in [-0.3, -0.25) is 9.89 Å². The van der Waals surface area contributed by atoms with Crippen molar-refractivity contribution in [3.63, 3.8) is 0 Å². The van der Waals surface area contributed by atoms with Crippen molar-refractivity contribution in [1.82, 2.24) is 15.1 Å². The Morgan fingerprint density at radius 2 is 1.93 bits per heavy atom. The number of H-pyrrole nitrogens is 1. The summed E-state index contributed by atoms with van der Waals surface area (Å²) in [5, 5.41) is 16.2. The van der Waals surface area contributed by atoms with Crippen molar-refractivity contribution >= 4 is 5.91 Å². The molecule has 1 aromatic heterocycles. The molecule has 0 saturated heterocycles. The molecule has 0 unspecified atom stereocenters. The quantitative estimate of drug-likeness (QED) is 0.655. The van der Waals surface area contributed by atoms with Crippen LogP contribution in [0.1, 0.15) is 17.7 Å². The summed E-state index contributed by atoms with van der Waals surface area (Å²) in [4.78, 5) is 13.9. The normalized spacial score (nSPS) is 10.3. The van der Waals surface area contributed by atoms with Crippen molar-refractivity contribution in [1.29, 1.82) is 5.26 Å². The predicted octanol–water partition coefficient (Wildman–Crippen LogP) is 3.42. The molecule has 0 atom stereocenters. The molecule has 0 bridgehead atoms. The molecule has 1 heterocycles. The number of likely N-dealkylation sites (N-methyl/N-ethyl adjacent to an activating group) is 1. The molecule has 6 nitrogen and oxygen atoms in total. The molecule has 0 spiro atoms. The number of carbonyl (C=O) groups is 1. The summed E-state index contributed by atoms with van der Waals surface area (Å²) in [6, 6.07) is 20.8. The predicted molar refractivity (Wildman–Crippen MR) is 107 cm³/mol. The van der Waals surface area contributed by atoms with E-state index in [1.54, 1.807) is 36.2 Å². The van der Waals surface area contributed by atoms with E-state index in [-0.39, 0.29) is 12.5 Å². The highest BCUT2D eigenvalue weighted by atomic mass is 16.5. The number of aromatic amines is 1. The minimum Gasteiger partial charge on any atom is -0.484 e. The fraction of sp³-hybridized carbons (Fsp3) is 0.227. The molecule has 3 rings (SSSR count).